The van der Waals surface area contributed by atoms with E-state index in [-0.39, 0.29) is 5.76 Å². The summed E-state index contributed by atoms with van der Waals surface area (Å²) in [6, 6.07) is 8.05. The van der Waals surface area contributed by atoms with Gasteiger partial charge in [-0.15, -0.1) is 0 Å². The summed E-state index contributed by atoms with van der Waals surface area (Å²) in [5.41, 5.74) is 6.80. The maximum absolute atomic E-state index is 11.3. The van der Waals surface area contributed by atoms with Crippen LogP contribution in [0.2, 0.25) is 5.02 Å². The van der Waals surface area contributed by atoms with E-state index in [0.29, 0.717) is 16.3 Å². The molecule has 0 fully saturated rings. The summed E-state index contributed by atoms with van der Waals surface area (Å²) in [7, 11) is 1.29. The van der Waals surface area contributed by atoms with Crippen LogP contribution in [0, 0.1) is 0 Å². The molecule has 1 atom stereocenters. The van der Waals surface area contributed by atoms with Crippen LogP contribution >= 0.6 is 27.5 Å². The Hall–Kier alpha value is -1.30. The van der Waals surface area contributed by atoms with E-state index in [1.807, 2.05) is 12.1 Å². The van der Waals surface area contributed by atoms with Gasteiger partial charge in [-0.25, -0.2) is 4.79 Å². The van der Waals surface area contributed by atoms with Crippen LogP contribution in [0.5, 0.6) is 0 Å². The van der Waals surface area contributed by atoms with Gasteiger partial charge in [-0.2, -0.15) is 0 Å². The standard InChI is InChI=1S/C13H11BrClNO3/c1-18-13(17)10-6-5-9(19-10)12(16)7-3-2-4-8(14)11(7)15/h2-6,12H,16H2,1H3. The molecule has 19 heavy (non-hydrogen) atoms. The van der Waals surface area contributed by atoms with Gasteiger partial charge >= 0.3 is 5.97 Å². The lowest BCUT2D eigenvalue weighted by molar-refractivity contribution is 0.0562. The van der Waals surface area contributed by atoms with E-state index >= 15 is 0 Å². The highest BCUT2D eigenvalue weighted by Gasteiger charge is 2.19. The molecule has 2 N–H and O–H groups in total. The minimum absolute atomic E-state index is 0.110. The van der Waals surface area contributed by atoms with E-state index in [1.54, 1.807) is 12.1 Å². The Balaban J connectivity index is 2.34. The lowest BCUT2D eigenvalue weighted by Crippen LogP contribution is -2.11. The van der Waals surface area contributed by atoms with Gasteiger partial charge in [0.1, 0.15) is 5.76 Å². The van der Waals surface area contributed by atoms with Gasteiger partial charge in [0.05, 0.1) is 18.2 Å². The van der Waals surface area contributed by atoms with Gasteiger partial charge in [-0.1, -0.05) is 23.7 Å². The van der Waals surface area contributed by atoms with Crippen LogP contribution in [-0.2, 0) is 4.74 Å². The number of halogens is 2. The van der Waals surface area contributed by atoms with Crippen LogP contribution in [0.1, 0.15) is 27.9 Å². The maximum atomic E-state index is 11.3. The van der Waals surface area contributed by atoms with Gasteiger partial charge in [-0.3, -0.25) is 0 Å². The molecule has 0 amide bonds. The normalized spacial score (nSPS) is 12.2. The zero-order valence-corrected chi connectivity index (χ0v) is 12.4. The van der Waals surface area contributed by atoms with Gasteiger partial charge < -0.3 is 14.9 Å². The predicted molar refractivity (Wildman–Crippen MR) is 75.2 cm³/mol. The van der Waals surface area contributed by atoms with Crippen molar-refractivity contribution >= 4 is 33.5 Å². The van der Waals surface area contributed by atoms with E-state index < -0.39 is 12.0 Å². The van der Waals surface area contributed by atoms with Crippen molar-refractivity contribution in [3.05, 3.63) is 56.9 Å². The summed E-state index contributed by atoms with van der Waals surface area (Å²) >= 11 is 9.51. The fraction of sp³-hybridized carbons (Fsp3) is 0.154. The molecule has 0 aliphatic heterocycles. The molecule has 0 aliphatic carbocycles. The lowest BCUT2D eigenvalue weighted by Gasteiger charge is -2.12. The van der Waals surface area contributed by atoms with Crippen LogP contribution < -0.4 is 5.73 Å². The number of furan rings is 1. The number of methoxy groups -OCH3 is 1. The molecule has 1 unspecified atom stereocenters. The Morgan fingerprint density at radius 2 is 2.16 bits per heavy atom. The fourth-order valence-corrected chi connectivity index (χ4v) is 2.27. The Morgan fingerprint density at radius 1 is 1.42 bits per heavy atom. The molecule has 1 aromatic heterocycles. The van der Waals surface area contributed by atoms with Crippen LogP contribution in [-0.4, -0.2) is 13.1 Å². The van der Waals surface area contributed by atoms with Crippen molar-refractivity contribution in [3.63, 3.8) is 0 Å². The quantitative estimate of drug-likeness (QED) is 0.865. The Morgan fingerprint density at radius 3 is 2.84 bits per heavy atom. The van der Waals surface area contributed by atoms with Crippen molar-refractivity contribution in [2.75, 3.05) is 7.11 Å². The molecule has 1 heterocycles. The maximum Gasteiger partial charge on any atom is 0.373 e. The second kappa shape index (κ2) is 5.77. The third kappa shape index (κ3) is 2.83. The Labute approximate surface area is 123 Å². The molecule has 2 aromatic rings. The third-order valence-electron chi connectivity index (χ3n) is 2.64. The van der Waals surface area contributed by atoms with Crippen molar-refractivity contribution in [2.24, 2.45) is 5.73 Å². The van der Waals surface area contributed by atoms with Crippen LogP contribution in [0.25, 0.3) is 0 Å². The third-order valence-corrected chi connectivity index (χ3v) is 3.95. The summed E-state index contributed by atoms with van der Waals surface area (Å²) < 4.78 is 10.7. The van der Waals surface area contributed by atoms with Crippen LogP contribution in [0.15, 0.2) is 39.2 Å². The second-order valence-corrected chi connectivity index (χ2v) is 5.05. The molecule has 0 radical (unpaired) electrons. The minimum Gasteiger partial charge on any atom is -0.463 e. The number of carbonyl (C=O) groups excluding carboxylic acids is 1. The first-order valence-corrected chi connectivity index (χ1v) is 6.59. The monoisotopic (exact) mass is 343 g/mol. The van der Waals surface area contributed by atoms with Crippen molar-refractivity contribution in [1.29, 1.82) is 0 Å². The summed E-state index contributed by atoms with van der Waals surface area (Å²) in [6.45, 7) is 0. The molecule has 100 valence electrons. The number of esters is 1. The molecule has 0 spiro atoms. The van der Waals surface area contributed by atoms with Crippen molar-refractivity contribution in [2.45, 2.75) is 6.04 Å². The van der Waals surface area contributed by atoms with E-state index in [0.717, 1.165) is 4.47 Å². The first-order valence-electron chi connectivity index (χ1n) is 5.42. The van der Waals surface area contributed by atoms with E-state index in [1.165, 1.54) is 13.2 Å². The molecule has 1 aromatic carbocycles. The lowest BCUT2D eigenvalue weighted by atomic mass is 10.1. The van der Waals surface area contributed by atoms with Gasteiger partial charge in [0, 0.05) is 4.47 Å². The summed E-state index contributed by atoms with van der Waals surface area (Å²) in [5, 5.41) is 0.519. The van der Waals surface area contributed by atoms with Crippen molar-refractivity contribution < 1.29 is 13.9 Å². The number of hydrogen-bond acceptors (Lipinski definition) is 4. The molecule has 0 aliphatic rings. The van der Waals surface area contributed by atoms with E-state index in [2.05, 4.69) is 20.7 Å². The predicted octanol–water partition coefficient (Wildman–Crippen LogP) is 3.53. The minimum atomic E-state index is -0.552. The Bertz CT molecular complexity index is 612. The number of ether oxygens (including phenoxy) is 1. The fourth-order valence-electron chi connectivity index (χ4n) is 1.64. The first-order chi connectivity index (χ1) is 9.04. The molecule has 0 bridgehead atoms. The van der Waals surface area contributed by atoms with E-state index in [4.69, 9.17) is 21.8 Å². The van der Waals surface area contributed by atoms with E-state index in [9.17, 15) is 4.79 Å². The number of rotatable bonds is 3. The SMILES string of the molecule is COC(=O)c1ccc(C(N)c2cccc(Br)c2Cl)o1. The van der Waals surface area contributed by atoms with Crippen molar-refractivity contribution in [3.8, 4) is 0 Å². The van der Waals surface area contributed by atoms with Crippen LogP contribution in [0.3, 0.4) is 0 Å². The van der Waals surface area contributed by atoms with Gasteiger partial charge in [0.15, 0.2) is 0 Å². The smallest absolute Gasteiger partial charge is 0.373 e. The molecule has 2 rings (SSSR count). The highest BCUT2D eigenvalue weighted by molar-refractivity contribution is 9.10. The molecular formula is C13H11BrClNO3. The molecule has 0 saturated heterocycles. The average Bonchev–Trinajstić information content (AvgIpc) is 2.90. The number of carbonyl (C=O) groups is 1. The average molecular weight is 345 g/mol. The van der Waals surface area contributed by atoms with Crippen LogP contribution in [0.4, 0.5) is 0 Å². The van der Waals surface area contributed by atoms with Gasteiger partial charge in [-0.05, 0) is 39.7 Å². The highest BCUT2D eigenvalue weighted by atomic mass is 79.9. The van der Waals surface area contributed by atoms with Crippen molar-refractivity contribution in [1.82, 2.24) is 0 Å². The zero-order chi connectivity index (χ0) is 14.0. The Kier molecular flexibility index (Phi) is 4.29. The summed E-state index contributed by atoms with van der Waals surface area (Å²) in [6.07, 6.45) is 0. The summed E-state index contributed by atoms with van der Waals surface area (Å²) in [5.74, 6) is 0.0123. The molecule has 4 nitrogen and oxygen atoms in total. The molecule has 0 saturated carbocycles. The highest BCUT2D eigenvalue weighted by Crippen LogP contribution is 2.32. The van der Waals surface area contributed by atoms with Gasteiger partial charge in [0.25, 0.3) is 0 Å². The zero-order valence-electron chi connectivity index (χ0n) is 10.0. The molecular weight excluding hydrogens is 334 g/mol. The van der Waals surface area contributed by atoms with Gasteiger partial charge in [0.2, 0.25) is 5.76 Å². The largest absolute Gasteiger partial charge is 0.463 e. The topological polar surface area (TPSA) is 65.5 Å². The number of hydrogen-bond donors (Lipinski definition) is 1. The first kappa shape index (κ1) is 14.1. The number of nitrogens with two attached hydrogens (primary N) is 1. The molecule has 6 heteroatoms. The summed E-state index contributed by atoms with van der Waals surface area (Å²) in [4.78, 5) is 11.3. The second-order valence-electron chi connectivity index (χ2n) is 3.81. The number of benzene rings is 1.